The molecule has 3 rings (SSSR count). The van der Waals surface area contributed by atoms with Crippen molar-refractivity contribution in [1.29, 1.82) is 0 Å². The van der Waals surface area contributed by atoms with Crippen molar-refractivity contribution < 1.29 is 13.7 Å². The molecular weight excluding hydrogens is 319 g/mol. The van der Waals surface area contributed by atoms with Crippen LogP contribution in [0.3, 0.4) is 0 Å². The van der Waals surface area contributed by atoms with Crippen molar-refractivity contribution in [2.24, 2.45) is 0 Å². The molecule has 0 fully saturated rings. The van der Waals surface area contributed by atoms with Crippen molar-refractivity contribution in [3.8, 4) is 11.1 Å². The molecule has 8 heteroatoms. The summed E-state index contributed by atoms with van der Waals surface area (Å²) in [5, 5.41) is 8.11. The maximum absolute atomic E-state index is 12.9. The summed E-state index contributed by atoms with van der Waals surface area (Å²) >= 11 is 1.33. The Hall–Kier alpha value is -2.74. The minimum Gasteiger partial charge on any atom is -0.365 e. The monoisotopic (exact) mass is 332 g/mol. The first-order valence-corrected chi connectivity index (χ1v) is 7.70. The van der Waals surface area contributed by atoms with E-state index in [1.165, 1.54) is 23.5 Å². The van der Waals surface area contributed by atoms with Crippen molar-refractivity contribution >= 4 is 23.2 Å². The third kappa shape index (κ3) is 3.72. The average Bonchev–Trinajstić information content (AvgIpc) is 3.17. The lowest BCUT2D eigenvalue weighted by atomic mass is 10.1. The van der Waals surface area contributed by atoms with Crippen LogP contribution in [0, 0.1) is 5.82 Å². The second kappa shape index (κ2) is 6.57. The topological polar surface area (TPSA) is 94.0 Å². The molecule has 3 aromatic rings. The maximum Gasteiger partial charge on any atom is 0.261 e. The van der Waals surface area contributed by atoms with Crippen molar-refractivity contribution in [2.45, 2.75) is 6.42 Å². The number of aromatic nitrogens is 2. The fraction of sp³-hybridized carbons (Fsp3) is 0.133. The van der Waals surface area contributed by atoms with Gasteiger partial charge in [0, 0.05) is 13.0 Å². The molecule has 0 aliphatic heterocycles. The number of nitrogens with two attached hydrogens (primary N) is 1. The van der Waals surface area contributed by atoms with Gasteiger partial charge >= 0.3 is 0 Å². The van der Waals surface area contributed by atoms with Crippen LogP contribution >= 0.6 is 11.3 Å². The fourth-order valence-electron chi connectivity index (χ4n) is 1.99. The summed E-state index contributed by atoms with van der Waals surface area (Å²) in [5.41, 5.74) is 7.09. The fourth-order valence-corrected chi connectivity index (χ4v) is 2.82. The average molecular weight is 332 g/mol. The van der Waals surface area contributed by atoms with Gasteiger partial charge in [0.2, 0.25) is 5.89 Å². The van der Waals surface area contributed by atoms with Crippen LogP contribution in [0.4, 0.5) is 10.3 Å². The highest BCUT2D eigenvalue weighted by Gasteiger charge is 2.11. The van der Waals surface area contributed by atoms with Gasteiger partial charge in [0.15, 0.2) is 0 Å². The van der Waals surface area contributed by atoms with E-state index in [1.807, 2.05) is 5.38 Å². The van der Waals surface area contributed by atoms with Gasteiger partial charge in [0.25, 0.3) is 11.9 Å². The number of carbonyl (C=O) groups is 1. The Kier molecular flexibility index (Phi) is 4.33. The van der Waals surface area contributed by atoms with Crippen LogP contribution < -0.4 is 11.1 Å². The molecule has 6 nitrogen and oxygen atoms in total. The summed E-state index contributed by atoms with van der Waals surface area (Å²) in [6.45, 7) is 0.365. The Bertz CT molecular complexity index is 813. The number of hydrogen-bond donors (Lipinski definition) is 2. The molecule has 0 aliphatic rings. The van der Waals surface area contributed by atoms with Crippen molar-refractivity contribution in [3.05, 3.63) is 52.3 Å². The van der Waals surface area contributed by atoms with Gasteiger partial charge in [-0.3, -0.25) is 4.79 Å². The van der Waals surface area contributed by atoms with E-state index in [2.05, 4.69) is 15.5 Å². The molecule has 0 saturated heterocycles. The number of nitrogens with zero attached hydrogens (tertiary/aromatic N) is 2. The van der Waals surface area contributed by atoms with Crippen LogP contribution in [0.25, 0.3) is 11.1 Å². The zero-order chi connectivity index (χ0) is 16.2. The highest BCUT2D eigenvalue weighted by atomic mass is 32.1. The van der Waals surface area contributed by atoms with E-state index in [0.717, 1.165) is 11.1 Å². The van der Waals surface area contributed by atoms with Crippen LogP contribution in [-0.4, -0.2) is 22.6 Å². The summed E-state index contributed by atoms with van der Waals surface area (Å²) in [5.74, 6) is -0.0195. The predicted molar refractivity (Wildman–Crippen MR) is 84.5 cm³/mol. The molecule has 2 aromatic heterocycles. The number of nitrogens with one attached hydrogen (secondary N) is 1. The number of rotatable bonds is 5. The lowest BCUT2D eigenvalue weighted by molar-refractivity contribution is 0.0957. The Morgan fingerprint density at radius 1 is 1.30 bits per heavy atom. The number of carbonyl (C=O) groups excluding carboxylic acids is 1. The summed E-state index contributed by atoms with van der Waals surface area (Å²) in [4.78, 5) is 16.5. The summed E-state index contributed by atoms with van der Waals surface area (Å²) in [6.07, 6.45) is 0.409. The minimum atomic E-state index is -0.288. The SMILES string of the molecule is Nc1noc(CCNC(=O)c2cc(-c3ccc(F)cc3)cs2)n1. The smallest absolute Gasteiger partial charge is 0.261 e. The molecule has 23 heavy (non-hydrogen) atoms. The number of anilines is 1. The van der Waals surface area contributed by atoms with Crippen LogP contribution in [-0.2, 0) is 6.42 Å². The Labute approximate surface area is 135 Å². The van der Waals surface area contributed by atoms with Crippen molar-refractivity contribution in [1.82, 2.24) is 15.5 Å². The van der Waals surface area contributed by atoms with E-state index in [9.17, 15) is 9.18 Å². The Balaban J connectivity index is 1.58. The van der Waals surface area contributed by atoms with E-state index in [1.54, 1.807) is 18.2 Å². The van der Waals surface area contributed by atoms with Crippen LogP contribution in [0.15, 0.2) is 40.2 Å². The first kappa shape index (κ1) is 15.2. The number of halogens is 1. The molecule has 2 heterocycles. The molecule has 1 aromatic carbocycles. The quantitative estimate of drug-likeness (QED) is 0.748. The van der Waals surface area contributed by atoms with E-state index < -0.39 is 0 Å². The van der Waals surface area contributed by atoms with Crippen LogP contribution in [0.1, 0.15) is 15.6 Å². The third-order valence-corrected chi connectivity index (χ3v) is 4.04. The predicted octanol–water partition coefficient (Wildman–Crippen LogP) is 2.49. The van der Waals surface area contributed by atoms with Gasteiger partial charge in [-0.25, -0.2) is 4.39 Å². The van der Waals surface area contributed by atoms with E-state index in [4.69, 9.17) is 10.3 Å². The second-order valence-electron chi connectivity index (χ2n) is 4.76. The summed E-state index contributed by atoms with van der Waals surface area (Å²) < 4.78 is 17.8. The Morgan fingerprint density at radius 3 is 2.78 bits per heavy atom. The van der Waals surface area contributed by atoms with Gasteiger partial charge < -0.3 is 15.6 Å². The summed E-state index contributed by atoms with van der Waals surface area (Å²) in [6, 6.07) is 7.92. The molecule has 118 valence electrons. The molecule has 0 atom stereocenters. The molecule has 3 N–H and O–H groups in total. The minimum absolute atomic E-state index is 0.0773. The summed E-state index contributed by atoms with van der Waals surface area (Å²) in [7, 11) is 0. The molecule has 0 bridgehead atoms. The van der Waals surface area contributed by atoms with Crippen LogP contribution in [0.2, 0.25) is 0 Å². The lowest BCUT2D eigenvalue weighted by Crippen LogP contribution is -2.24. The first-order chi connectivity index (χ1) is 11.1. The van der Waals surface area contributed by atoms with E-state index in [0.29, 0.717) is 23.7 Å². The molecule has 0 spiro atoms. The van der Waals surface area contributed by atoms with Crippen molar-refractivity contribution in [2.75, 3.05) is 12.3 Å². The zero-order valence-corrected chi connectivity index (χ0v) is 12.8. The zero-order valence-electron chi connectivity index (χ0n) is 12.0. The van der Waals surface area contributed by atoms with Crippen LogP contribution in [0.5, 0.6) is 0 Å². The number of amides is 1. The maximum atomic E-state index is 12.9. The third-order valence-electron chi connectivity index (χ3n) is 3.11. The molecule has 0 saturated carbocycles. The van der Waals surface area contributed by atoms with Crippen molar-refractivity contribution in [3.63, 3.8) is 0 Å². The normalized spacial score (nSPS) is 10.7. The molecule has 0 aliphatic carbocycles. The number of thiophene rings is 1. The van der Waals surface area contributed by atoms with Gasteiger partial charge in [-0.2, -0.15) is 4.98 Å². The molecular formula is C15H13FN4O2S. The molecule has 1 amide bonds. The van der Waals surface area contributed by atoms with Gasteiger partial charge in [-0.1, -0.05) is 12.1 Å². The molecule has 0 unspecified atom stereocenters. The van der Waals surface area contributed by atoms with E-state index in [-0.39, 0.29) is 17.7 Å². The van der Waals surface area contributed by atoms with Gasteiger partial charge in [0.05, 0.1) is 4.88 Å². The first-order valence-electron chi connectivity index (χ1n) is 6.82. The number of nitrogen functional groups attached to an aromatic ring is 1. The largest absolute Gasteiger partial charge is 0.365 e. The highest BCUT2D eigenvalue weighted by molar-refractivity contribution is 7.12. The number of hydrogen-bond acceptors (Lipinski definition) is 6. The van der Waals surface area contributed by atoms with Gasteiger partial charge in [-0.15, -0.1) is 11.3 Å². The highest BCUT2D eigenvalue weighted by Crippen LogP contribution is 2.25. The lowest BCUT2D eigenvalue weighted by Gasteiger charge is -2.00. The van der Waals surface area contributed by atoms with E-state index >= 15 is 0 Å². The molecule has 0 radical (unpaired) electrons. The van der Waals surface area contributed by atoms with Gasteiger partial charge in [-0.05, 0) is 39.9 Å². The second-order valence-corrected chi connectivity index (χ2v) is 5.67. The number of benzene rings is 1. The standard InChI is InChI=1S/C15H13FN4O2S/c16-11-3-1-9(2-4-11)10-7-12(23-8-10)14(21)18-6-5-13-19-15(17)20-22-13/h1-4,7-8H,5-6H2,(H2,17,20)(H,18,21). The Morgan fingerprint density at radius 2 is 2.09 bits per heavy atom. The van der Waals surface area contributed by atoms with Gasteiger partial charge in [0.1, 0.15) is 5.82 Å².